The number of likely N-dealkylation sites (tertiary alicyclic amines) is 1. The number of fused-ring (bicyclic) bond motifs is 1. The van der Waals surface area contributed by atoms with E-state index in [1.807, 2.05) is 32.6 Å². The summed E-state index contributed by atoms with van der Waals surface area (Å²) in [4.78, 5) is 37.0. The van der Waals surface area contributed by atoms with Crippen LogP contribution in [0.2, 0.25) is 0 Å². The van der Waals surface area contributed by atoms with Crippen LogP contribution in [0.1, 0.15) is 56.6 Å². The van der Waals surface area contributed by atoms with Crippen LogP contribution in [0, 0.1) is 0 Å². The molecule has 2 atom stereocenters. The molecular weight excluding hydrogens is 334 g/mol. The van der Waals surface area contributed by atoms with Crippen molar-refractivity contribution in [3.63, 3.8) is 0 Å². The Morgan fingerprint density at radius 1 is 1.35 bits per heavy atom. The lowest BCUT2D eigenvalue weighted by molar-refractivity contribution is 0.00220. The van der Waals surface area contributed by atoms with E-state index in [2.05, 4.69) is 9.97 Å². The van der Waals surface area contributed by atoms with Crippen molar-refractivity contribution in [2.45, 2.75) is 64.6 Å². The van der Waals surface area contributed by atoms with Crippen molar-refractivity contribution in [3.05, 3.63) is 17.5 Å². The zero-order valence-electron chi connectivity index (χ0n) is 15.9. The molecular formula is C18H27N5O3. The van der Waals surface area contributed by atoms with Crippen molar-refractivity contribution in [1.82, 2.24) is 19.8 Å². The number of rotatable bonds is 1. The summed E-state index contributed by atoms with van der Waals surface area (Å²) < 4.78 is 5.49. The molecule has 0 spiro atoms. The summed E-state index contributed by atoms with van der Waals surface area (Å²) in [5, 5.41) is 0. The van der Waals surface area contributed by atoms with E-state index in [0.29, 0.717) is 25.1 Å². The molecule has 2 aliphatic rings. The van der Waals surface area contributed by atoms with E-state index in [-0.39, 0.29) is 30.0 Å². The average Bonchev–Trinajstić information content (AvgIpc) is 2.53. The van der Waals surface area contributed by atoms with E-state index in [1.54, 1.807) is 4.90 Å². The van der Waals surface area contributed by atoms with Crippen molar-refractivity contribution >= 4 is 17.9 Å². The van der Waals surface area contributed by atoms with Crippen LogP contribution in [0.15, 0.2) is 6.20 Å². The van der Waals surface area contributed by atoms with Crippen LogP contribution in [-0.4, -0.2) is 62.5 Å². The fourth-order valence-corrected chi connectivity index (χ4v) is 3.66. The number of nitrogens with zero attached hydrogens (tertiary/aromatic N) is 4. The molecule has 2 N–H and O–H groups in total. The average molecular weight is 361 g/mol. The molecule has 0 bridgehead atoms. The van der Waals surface area contributed by atoms with Gasteiger partial charge in [0.05, 0.1) is 11.3 Å². The summed E-state index contributed by atoms with van der Waals surface area (Å²) in [5.41, 5.74) is 6.36. The first kappa shape index (κ1) is 18.4. The van der Waals surface area contributed by atoms with Gasteiger partial charge in [0.15, 0.2) is 0 Å². The summed E-state index contributed by atoms with van der Waals surface area (Å²) in [6.45, 7) is 8.78. The Bertz CT molecular complexity index is 715. The highest BCUT2D eigenvalue weighted by molar-refractivity contribution is 5.96. The minimum absolute atomic E-state index is 0.0143. The fourth-order valence-electron chi connectivity index (χ4n) is 3.66. The van der Waals surface area contributed by atoms with Gasteiger partial charge in [-0.1, -0.05) is 0 Å². The second-order valence-corrected chi connectivity index (χ2v) is 8.04. The Hall–Kier alpha value is -2.38. The molecule has 3 heterocycles. The van der Waals surface area contributed by atoms with Crippen LogP contribution in [0.5, 0.6) is 0 Å². The normalized spacial score (nSPS) is 23.6. The van der Waals surface area contributed by atoms with Crippen LogP contribution in [0.3, 0.4) is 0 Å². The predicted molar refractivity (Wildman–Crippen MR) is 96.6 cm³/mol. The van der Waals surface area contributed by atoms with E-state index in [9.17, 15) is 9.59 Å². The van der Waals surface area contributed by atoms with Gasteiger partial charge in [-0.15, -0.1) is 0 Å². The zero-order chi connectivity index (χ0) is 19.1. The van der Waals surface area contributed by atoms with Crippen molar-refractivity contribution in [2.24, 2.45) is 0 Å². The topological polar surface area (TPSA) is 102 Å². The Kier molecular flexibility index (Phi) is 4.77. The van der Waals surface area contributed by atoms with Gasteiger partial charge in [0.2, 0.25) is 5.95 Å². The molecule has 3 rings (SSSR count). The monoisotopic (exact) mass is 361 g/mol. The lowest BCUT2D eigenvalue weighted by Crippen LogP contribution is -2.54. The third-order valence-corrected chi connectivity index (χ3v) is 4.88. The minimum Gasteiger partial charge on any atom is -0.444 e. The molecule has 8 nitrogen and oxygen atoms in total. The fraction of sp³-hybridized carbons (Fsp3) is 0.667. The number of amides is 2. The number of aromatic nitrogens is 2. The van der Waals surface area contributed by atoms with Gasteiger partial charge in [-0.05, 0) is 40.5 Å². The number of carbonyl (C=O) groups excluding carboxylic acids is 2. The molecule has 2 amide bonds. The number of ether oxygens (including phenoxy) is 1. The van der Waals surface area contributed by atoms with Crippen molar-refractivity contribution < 1.29 is 14.3 Å². The summed E-state index contributed by atoms with van der Waals surface area (Å²) >= 11 is 0. The van der Waals surface area contributed by atoms with Crippen molar-refractivity contribution in [2.75, 3.05) is 18.8 Å². The maximum absolute atomic E-state index is 12.8. The van der Waals surface area contributed by atoms with Crippen LogP contribution in [0.25, 0.3) is 0 Å². The maximum Gasteiger partial charge on any atom is 0.410 e. The third kappa shape index (κ3) is 3.73. The lowest BCUT2D eigenvalue weighted by Gasteiger charge is -2.43. The Balaban J connectivity index is 1.67. The highest BCUT2D eigenvalue weighted by Gasteiger charge is 2.37. The second kappa shape index (κ2) is 6.74. The number of nitrogen functional groups attached to an aromatic ring is 1. The quantitative estimate of drug-likeness (QED) is 0.819. The van der Waals surface area contributed by atoms with Crippen LogP contribution in [0.4, 0.5) is 10.7 Å². The molecule has 1 aromatic heterocycles. The summed E-state index contributed by atoms with van der Waals surface area (Å²) in [7, 11) is 0. The van der Waals surface area contributed by atoms with Gasteiger partial charge in [0.25, 0.3) is 5.91 Å². The van der Waals surface area contributed by atoms with Gasteiger partial charge in [0, 0.05) is 37.8 Å². The van der Waals surface area contributed by atoms with Gasteiger partial charge in [0.1, 0.15) is 5.60 Å². The Morgan fingerprint density at radius 3 is 2.73 bits per heavy atom. The molecule has 1 unspecified atom stereocenters. The standard InChI is InChI=1S/C18H27N5O3/c1-11-9-12(5-7-22(11)17(25)26-18(2,3)4)23-8-6-14-13(15(23)24)10-20-16(19)21-14/h10-12H,5-9H2,1-4H3,(H2,19,20,21)/t11-,12?/m1/s1. The van der Waals surface area contributed by atoms with Gasteiger partial charge in [-0.3, -0.25) is 4.79 Å². The summed E-state index contributed by atoms with van der Waals surface area (Å²) in [6, 6.07) is 0.113. The molecule has 2 aliphatic heterocycles. The van der Waals surface area contributed by atoms with E-state index in [1.165, 1.54) is 6.20 Å². The molecule has 142 valence electrons. The first-order valence-corrected chi connectivity index (χ1v) is 9.07. The van der Waals surface area contributed by atoms with Crippen LogP contribution >= 0.6 is 0 Å². The SMILES string of the molecule is C[C@@H]1CC(N2CCc3nc(N)ncc3C2=O)CCN1C(=O)OC(C)(C)C. The minimum atomic E-state index is -0.512. The number of piperidine rings is 1. The van der Waals surface area contributed by atoms with Crippen LogP contribution < -0.4 is 5.73 Å². The number of nitrogens with two attached hydrogens (primary N) is 1. The summed E-state index contributed by atoms with van der Waals surface area (Å²) in [5.74, 6) is 0.151. The smallest absolute Gasteiger partial charge is 0.410 e. The molecule has 0 aromatic carbocycles. The largest absolute Gasteiger partial charge is 0.444 e. The Labute approximate surface area is 153 Å². The van der Waals surface area contributed by atoms with E-state index in [0.717, 1.165) is 18.5 Å². The van der Waals surface area contributed by atoms with Crippen LogP contribution in [-0.2, 0) is 11.2 Å². The molecule has 1 aromatic rings. The first-order chi connectivity index (χ1) is 12.2. The molecule has 1 fully saturated rings. The molecule has 0 radical (unpaired) electrons. The molecule has 0 aliphatic carbocycles. The molecule has 0 saturated carbocycles. The van der Waals surface area contributed by atoms with E-state index < -0.39 is 5.60 Å². The van der Waals surface area contributed by atoms with Crippen molar-refractivity contribution in [1.29, 1.82) is 0 Å². The van der Waals surface area contributed by atoms with Gasteiger partial charge < -0.3 is 20.3 Å². The third-order valence-electron chi connectivity index (χ3n) is 4.88. The maximum atomic E-state index is 12.8. The summed E-state index contributed by atoms with van der Waals surface area (Å²) in [6.07, 6.45) is 3.37. The number of hydrogen-bond acceptors (Lipinski definition) is 6. The highest BCUT2D eigenvalue weighted by atomic mass is 16.6. The molecule has 26 heavy (non-hydrogen) atoms. The highest BCUT2D eigenvalue weighted by Crippen LogP contribution is 2.27. The Morgan fingerprint density at radius 2 is 2.08 bits per heavy atom. The van der Waals surface area contributed by atoms with Gasteiger partial charge in [-0.25, -0.2) is 14.8 Å². The van der Waals surface area contributed by atoms with E-state index in [4.69, 9.17) is 10.5 Å². The lowest BCUT2D eigenvalue weighted by atomic mass is 9.94. The zero-order valence-corrected chi connectivity index (χ0v) is 15.9. The number of anilines is 1. The molecule has 8 heteroatoms. The molecule has 1 saturated heterocycles. The number of carbonyl (C=O) groups is 2. The first-order valence-electron chi connectivity index (χ1n) is 9.07. The second-order valence-electron chi connectivity index (χ2n) is 8.04. The number of hydrogen-bond donors (Lipinski definition) is 1. The van der Waals surface area contributed by atoms with Crippen molar-refractivity contribution in [3.8, 4) is 0 Å². The predicted octanol–water partition coefficient (Wildman–Crippen LogP) is 1.85. The van der Waals surface area contributed by atoms with Gasteiger partial charge >= 0.3 is 6.09 Å². The van der Waals surface area contributed by atoms with E-state index >= 15 is 0 Å². The van der Waals surface area contributed by atoms with Gasteiger partial charge in [-0.2, -0.15) is 0 Å².